The molecule has 0 heterocycles. The summed E-state index contributed by atoms with van der Waals surface area (Å²) in [5, 5.41) is 7.98. The average molecular weight is 221 g/mol. The average Bonchev–Trinajstić information content (AvgIpc) is 2.35. The highest BCUT2D eigenvalue weighted by Gasteiger charge is 2.02. The number of hydrogen-bond donors (Lipinski definition) is 3. The van der Waals surface area contributed by atoms with Crippen molar-refractivity contribution >= 4 is 17.5 Å². The summed E-state index contributed by atoms with van der Waals surface area (Å²) in [4.78, 5) is 22.2. The van der Waals surface area contributed by atoms with Gasteiger partial charge in [-0.05, 0) is 24.3 Å². The van der Waals surface area contributed by atoms with Gasteiger partial charge in [-0.15, -0.1) is 0 Å². The summed E-state index contributed by atoms with van der Waals surface area (Å²) in [7, 11) is 3.17. The second kappa shape index (κ2) is 5.75. The molecule has 1 aromatic carbocycles. The molecule has 0 aliphatic rings. The quantitative estimate of drug-likeness (QED) is 0.680. The highest BCUT2D eigenvalue weighted by molar-refractivity contribution is 5.94. The molecule has 5 heteroatoms. The third kappa shape index (κ3) is 3.27. The number of likely N-dealkylation sites (N-methyl/N-ethyl adjacent to an activating group) is 1. The first-order chi connectivity index (χ1) is 7.67. The van der Waals surface area contributed by atoms with Crippen LogP contribution < -0.4 is 16.0 Å². The lowest BCUT2D eigenvalue weighted by Gasteiger charge is -2.06. The van der Waals surface area contributed by atoms with Crippen LogP contribution in [0.4, 0.5) is 5.69 Å². The monoisotopic (exact) mass is 221 g/mol. The van der Waals surface area contributed by atoms with Crippen LogP contribution in [0.1, 0.15) is 10.4 Å². The normalized spacial score (nSPS) is 9.38. The smallest absolute Gasteiger partial charge is 0.251 e. The molecule has 0 saturated heterocycles. The fraction of sp³-hybridized carbons (Fsp3) is 0.273. The van der Waals surface area contributed by atoms with Crippen LogP contribution in [0.25, 0.3) is 0 Å². The number of benzene rings is 1. The van der Waals surface area contributed by atoms with Crippen LogP contribution in [0.15, 0.2) is 24.3 Å². The molecule has 0 aliphatic heterocycles. The van der Waals surface area contributed by atoms with E-state index in [0.717, 1.165) is 5.69 Å². The van der Waals surface area contributed by atoms with Crippen LogP contribution in [0.3, 0.4) is 0 Å². The van der Waals surface area contributed by atoms with Crippen LogP contribution in [0.2, 0.25) is 0 Å². The van der Waals surface area contributed by atoms with E-state index in [1.54, 1.807) is 38.4 Å². The molecule has 5 nitrogen and oxygen atoms in total. The molecule has 0 aliphatic carbocycles. The van der Waals surface area contributed by atoms with Gasteiger partial charge in [0.1, 0.15) is 0 Å². The van der Waals surface area contributed by atoms with Crippen molar-refractivity contribution in [2.75, 3.05) is 26.0 Å². The Hall–Kier alpha value is -2.04. The zero-order chi connectivity index (χ0) is 12.0. The molecule has 0 aromatic heterocycles. The van der Waals surface area contributed by atoms with Gasteiger partial charge in [0.15, 0.2) is 0 Å². The zero-order valence-electron chi connectivity index (χ0n) is 9.33. The lowest BCUT2D eigenvalue weighted by atomic mass is 10.2. The van der Waals surface area contributed by atoms with Crippen molar-refractivity contribution in [1.29, 1.82) is 0 Å². The van der Waals surface area contributed by atoms with Crippen LogP contribution in [0, 0.1) is 0 Å². The number of amides is 2. The molecule has 86 valence electrons. The second-order valence-electron chi connectivity index (χ2n) is 3.18. The highest BCUT2D eigenvalue weighted by Crippen LogP contribution is 2.08. The molecular formula is C11H15N3O2. The summed E-state index contributed by atoms with van der Waals surface area (Å²) < 4.78 is 0. The summed E-state index contributed by atoms with van der Waals surface area (Å²) >= 11 is 0. The van der Waals surface area contributed by atoms with E-state index in [4.69, 9.17) is 0 Å². The molecule has 1 aromatic rings. The largest absolute Gasteiger partial charge is 0.376 e. The first-order valence-electron chi connectivity index (χ1n) is 4.94. The fourth-order valence-electron chi connectivity index (χ4n) is 1.15. The van der Waals surface area contributed by atoms with Crippen molar-refractivity contribution in [1.82, 2.24) is 10.6 Å². The summed E-state index contributed by atoms with van der Waals surface area (Å²) in [5.74, 6) is -0.215. The second-order valence-corrected chi connectivity index (χ2v) is 3.18. The van der Waals surface area contributed by atoms with Crippen molar-refractivity contribution in [3.63, 3.8) is 0 Å². The summed E-state index contributed by atoms with van der Waals surface area (Å²) in [6.45, 7) is 0.218. The lowest BCUT2D eigenvalue weighted by Crippen LogP contribution is -2.26. The Kier molecular flexibility index (Phi) is 4.32. The van der Waals surface area contributed by atoms with Crippen LogP contribution in [0.5, 0.6) is 0 Å². The zero-order valence-corrected chi connectivity index (χ0v) is 9.33. The predicted octanol–water partition coefficient (Wildman–Crippen LogP) is 0.204. The Bertz CT molecular complexity index is 373. The molecule has 0 atom stereocenters. The van der Waals surface area contributed by atoms with Crippen molar-refractivity contribution in [3.8, 4) is 0 Å². The van der Waals surface area contributed by atoms with Crippen molar-refractivity contribution in [2.45, 2.75) is 0 Å². The molecule has 0 bridgehead atoms. The minimum atomic E-state index is -0.127. The van der Waals surface area contributed by atoms with Gasteiger partial charge in [0.2, 0.25) is 5.91 Å². The Morgan fingerprint density at radius 2 is 1.69 bits per heavy atom. The third-order valence-electron chi connectivity index (χ3n) is 2.11. The van der Waals surface area contributed by atoms with E-state index in [0.29, 0.717) is 5.56 Å². The lowest BCUT2D eigenvalue weighted by molar-refractivity contribution is -0.118. The first-order valence-corrected chi connectivity index (χ1v) is 4.94. The SMILES string of the molecule is CNC(=O)CNc1ccc(C(=O)NC)cc1. The van der Waals surface area contributed by atoms with E-state index in [2.05, 4.69) is 16.0 Å². The molecule has 0 spiro atoms. The van der Waals surface area contributed by atoms with E-state index in [1.165, 1.54) is 0 Å². The number of rotatable bonds is 4. The molecule has 0 unspecified atom stereocenters. The van der Waals surface area contributed by atoms with E-state index in [9.17, 15) is 9.59 Å². The summed E-state index contributed by atoms with van der Waals surface area (Å²) in [6.07, 6.45) is 0. The van der Waals surface area contributed by atoms with Gasteiger partial charge < -0.3 is 16.0 Å². The van der Waals surface area contributed by atoms with E-state index in [1.807, 2.05) is 0 Å². The first kappa shape index (κ1) is 12.0. The fourth-order valence-corrected chi connectivity index (χ4v) is 1.15. The number of nitrogens with one attached hydrogen (secondary N) is 3. The van der Waals surface area contributed by atoms with Gasteiger partial charge in [0.25, 0.3) is 5.91 Å². The molecular weight excluding hydrogens is 206 g/mol. The van der Waals surface area contributed by atoms with Crippen molar-refractivity contribution < 1.29 is 9.59 Å². The molecule has 0 saturated carbocycles. The minimum Gasteiger partial charge on any atom is -0.376 e. The van der Waals surface area contributed by atoms with Gasteiger partial charge in [-0.25, -0.2) is 0 Å². The van der Waals surface area contributed by atoms with Gasteiger partial charge in [-0.3, -0.25) is 9.59 Å². The number of carbonyl (C=O) groups is 2. The third-order valence-corrected chi connectivity index (χ3v) is 2.11. The molecule has 0 fully saturated rings. The maximum absolute atomic E-state index is 11.2. The molecule has 0 radical (unpaired) electrons. The van der Waals surface area contributed by atoms with E-state index >= 15 is 0 Å². The standard InChI is InChI=1S/C11H15N3O2/c1-12-10(15)7-14-9-5-3-8(4-6-9)11(16)13-2/h3-6,14H,7H2,1-2H3,(H,12,15)(H,13,16). The van der Waals surface area contributed by atoms with Gasteiger partial charge in [0.05, 0.1) is 6.54 Å². The Labute approximate surface area is 94.2 Å². The van der Waals surface area contributed by atoms with Gasteiger partial charge in [-0.1, -0.05) is 0 Å². The molecule has 1 rings (SSSR count). The topological polar surface area (TPSA) is 70.2 Å². The predicted molar refractivity (Wildman–Crippen MR) is 62.4 cm³/mol. The van der Waals surface area contributed by atoms with Crippen LogP contribution in [-0.2, 0) is 4.79 Å². The summed E-state index contributed by atoms with van der Waals surface area (Å²) in [6, 6.07) is 6.91. The Morgan fingerprint density at radius 1 is 1.06 bits per heavy atom. The maximum atomic E-state index is 11.2. The Balaban J connectivity index is 2.58. The van der Waals surface area contributed by atoms with Crippen molar-refractivity contribution in [3.05, 3.63) is 29.8 Å². The van der Waals surface area contributed by atoms with Crippen LogP contribution in [-0.4, -0.2) is 32.5 Å². The number of carbonyl (C=O) groups excluding carboxylic acids is 2. The minimum absolute atomic E-state index is 0.0876. The molecule has 3 N–H and O–H groups in total. The number of anilines is 1. The van der Waals surface area contributed by atoms with Gasteiger partial charge in [-0.2, -0.15) is 0 Å². The van der Waals surface area contributed by atoms with Crippen molar-refractivity contribution in [2.24, 2.45) is 0 Å². The van der Waals surface area contributed by atoms with Gasteiger partial charge >= 0.3 is 0 Å². The van der Waals surface area contributed by atoms with E-state index in [-0.39, 0.29) is 18.4 Å². The highest BCUT2D eigenvalue weighted by atomic mass is 16.2. The van der Waals surface area contributed by atoms with Gasteiger partial charge in [0, 0.05) is 25.3 Å². The molecule has 16 heavy (non-hydrogen) atoms. The Morgan fingerprint density at radius 3 is 2.19 bits per heavy atom. The van der Waals surface area contributed by atoms with E-state index < -0.39 is 0 Å². The molecule has 2 amide bonds. The maximum Gasteiger partial charge on any atom is 0.251 e. The number of hydrogen-bond acceptors (Lipinski definition) is 3. The van der Waals surface area contributed by atoms with Crippen LogP contribution >= 0.6 is 0 Å². The summed E-state index contributed by atoms with van der Waals surface area (Å²) in [5.41, 5.74) is 1.39.